The summed E-state index contributed by atoms with van der Waals surface area (Å²) in [5.74, 6) is -0.419. The molecule has 0 aliphatic heterocycles. The number of amides is 1. The topological polar surface area (TPSA) is 64.0 Å². The molecule has 1 amide bonds. The van der Waals surface area contributed by atoms with Crippen LogP contribution in [0.3, 0.4) is 0 Å². The lowest BCUT2D eigenvalue weighted by Crippen LogP contribution is -2.27. The number of benzene rings is 2. The van der Waals surface area contributed by atoms with Gasteiger partial charge in [-0.3, -0.25) is 14.2 Å². The number of anilines is 1. The van der Waals surface area contributed by atoms with Crippen molar-refractivity contribution in [2.45, 2.75) is 6.54 Å². The highest BCUT2D eigenvalue weighted by molar-refractivity contribution is 6.44. The van der Waals surface area contributed by atoms with E-state index in [-0.39, 0.29) is 17.1 Å². The van der Waals surface area contributed by atoms with Gasteiger partial charge in [0.05, 0.1) is 27.8 Å². The Hall–Kier alpha value is -2.34. The number of nitrogens with zero attached hydrogens (tertiary/aromatic N) is 2. The van der Waals surface area contributed by atoms with Crippen molar-refractivity contribution < 1.29 is 4.79 Å². The normalized spacial score (nSPS) is 10.6. The first-order valence-electron chi connectivity index (χ1n) is 7.50. The van der Waals surface area contributed by atoms with Crippen LogP contribution in [0.2, 0.25) is 15.1 Å². The van der Waals surface area contributed by atoms with Gasteiger partial charge in [0.25, 0.3) is 5.56 Å². The maximum Gasteiger partial charge on any atom is 0.254 e. The average Bonchev–Trinajstić information content (AvgIpc) is 2.61. The number of carbonyl (C=O) groups is 1. The Morgan fingerprint density at radius 1 is 1.08 bits per heavy atom. The van der Waals surface area contributed by atoms with Gasteiger partial charge in [-0.1, -0.05) is 53.0 Å². The first-order valence-corrected chi connectivity index (χ1v) is 8.64. The van der Waals surface area contributed by atoms with Crippen LogP contribution in [-0.2, 0) is 11.3 Å². The fourth-order valence-corrected chi connectivity index (χ4v) is 2.74. The maximum absolute atomic E-state index is 12.3. The fourth-order valence-electron chi connectivity index (χ4n) is 2.27. The predicted molar refractivity (Wildman–Crippen MR) is 104 cm³/mol. The van der Waals surface area contributed by atoms with Crippen molar-refractivity contribution in [3.05, 3.63) is 80.3 Å². The summed E-state index contributed by atoms with van der Waals surface area (Å²) in [6, 6.07) is 13.2. The van der Waals surface area contributed by atoms with Crippen LogP contribution in [0.15, 0.2) is 59.7 Å². The number of aromatic nitrogens is 2. The lowest BCUT2D eigenvalue weighted by molar-refractivity contribution is -0.116. The largest absolute Gasteiger partial charge is 0.323 e. The SMILES string of the molecule is O=C(Cn1cnc(-c2ccc(Cl)cc2)cc1=O)Nc1cccc(Cl)c1Cl. The Kier molecular flexibility index (Phi) is 5.61. The Labute approximate surface area is 164 Å². The van der Waals surface area contributed by atoms with Gasteiger partial charge >= 0.3 is 0 Å². The number of rotatable bonds is 4. The van der Waals surface area contributed by atoms with Crippen molar-refractivity contribution in [3.8, 4) is 11.3 Å². The molecule has 0 aliphatic rings. The minimum atomic E-state index is -0.419. The molecule has 132 valence electrons. The summed E-state index contributed by atoms with van der Waals surface area (Å²) >= 11 is 17.8. The van der Waals surface area contributed by atoms with E-state index in [1.807, 2.05) is 0 Å². The third kappa shape index (κ3) is 4.25. The first kappa shape index (κ1) is 18.5. The van der Waals surface area contributed by atoms with E-state index in [1.165, 1.54) is 17.0 Å². The van der Waals surface area contributed by atoms with E-state index in [2.05, 4.69) is 10.3 Å². The van der Waals surface area contributed by atoms with E-state index in [4.69, 9.17) is 34.8 Å². The van der Waals surface area contributed by atoms with Crippen LogP contribution in [0.25, 0.3) is 11.3 Å². The van der Waals surface area contributed by atoms with Gasteiger partial charge in [0.1, 0.15) is 6.54 Å². The van der Waals surface area contributed by atoms with Gasteiger partial charge < -0.3 is 5.32 Å². The quantitative estimate of drug-likeness (QED) is 0.691. The lowest BCUT2D eigenvalue weighted by atomic mass is 10.1. The molecule has 0 fully saturated rings. The average molecular weight is 409 g/mol. The molecule has 0 radical (unpaired) electrons. The van der Waals surface area contributed by atoms with Crippen LogP contribution in [0.1, 0.15) is 0 Å². The van der Waals surface area contributed by atoms with Gasteiger partial charge in [-0.25, -0.2) is 4.98 Å². The van der Waals surface area contributed by atoms with E-state index in [0.717, 1.165) is 5.56 Å². The van der Waals surface area contributed by atoms with Crippen LogP contribution in [0.4, 0.5) is 5.69 Å². The molecule has 8 heteroatoms. The highest BCUT2D eigenvalue weighted by Gasteiger charge is 2.10. The molecule has 2 aromatic carbocycles. The number of hydrogen-bond donors (Lipinski definition) is 1. The number of halogens is 3. The van der Waals surface area contributed by atoms with Gasteiger partial charge in [0.2, 0.25) is 5.91 Å². The van der Waals surface area contributed by atoms with Crippen LogP contribution in [-0.4, -0.2) is 15.5 Å². The van der Waals surface area contributed by atoms with Gasteiger partial charge in [0, 0.05) is 16.7 Å². The van der Waals surface area contributed by atoms with Crippen LogP contribution < -0.4 is 10.9 Å². The van der Waals surface area contributed by atoms with E-state index in [9.17, 15) is 9.59 Å². The highest BCUT2D eigenvalue weighted by atomic mass is 35.5. The van der Waals surface area contributed by atoms with E-state index in [0.29, 0.717) is 21.4 Å². The molecule has 0 bridgehead atoms. The molecule has 0 spiro atoms. The Morgan fingerprint density at radius 3 is 2.50 bits per heavy atom. The van der Waals surface area contributed by atoms with Gasteiger partial charge in [0.15, 0.2) is 0 Å². The standard InChI is InChI=1S/C18H12Cl3N3O2/c19-12-6-4-11(5-7-12)15-8-17(26)24(10-22-15)9-16(25)23-14-3-1-2-13(20)18(14)21/h1-8,10H,9H2,(H,23,25). The predicted octanol–water partition coefficient (Wildman–Crippen LogP) is 4.51. The van der Waals surface area contributed by atoms with E-state index in [1.54, 1.807) is 42.5 Å². The first-order chi connectivity index (χ1) is 12.4. The summed E-state index contributed by atoms with van der Waals surface area (Å²) < 4.78 is 1.20. The number of nitrogens with one attached hydrogen (secondary N) is 1. The maximum atomic E-state index is 12.3. The summed E-state index contributed by atoms with van der Waals surface area (Å²) in [6.45, 7) is -0.199. The third-order valence-corrected chi connectivity index (χ3v) is 4.63. The smallest absolute Gasteiger partial charge is 0.254 e. The zero-order valence-electron chi connectivity index (χ0n) is 13.2. The van der Waals surface area contributed by atoms with Crippen molar-refractivity contribution >= 4 is 46.4 Å². The zero-order valence-corrected chi connectivity index (χ0v) is 15.5. The molecule has 26 heavy (non-hydrogen) atoms. The summed E-state index contributed by atoms with van der Waals surface area (Å²) in [5.41, 5.74) is 1.29. The van der Waals surface area contributed by atoms with Crippen LogP contribution in [0, 0.1) is 0 Å². The van der Waals surface area contributed by atoms with Crippen molar-refractivity contribution in [3.63, 3.8) is 0 Å². The number of hydrogen-bond acceptors (Lipinski definition) is 3. The fraction of sp³-hybridized carbons (Fsp3) is 0.0556. The molecule has 0 unspecified atom stereocenters. The van der Waals surface area contributed by atoms with Crippen molar-refractivity contribution in [1.29, 1.82) is 0 Å². The summed E-state index contributed by atoms with van der Waals surface area (Å²) in [6.07, 6.45) is 1.32. The summed E-state index contributed by atoms with van der Waals surface area (Å²) in [4.78, 5) is 28.7. The molecule has 3 rings (SSSR count). The van der Waals surface area contributed by atoms with Crippen molar-refractivity contribution in [2.24, 2.45) is 0 Å². The molecule has 3 aromatic rings. The molecular weight excluding hydrogens is 397 g/mol. The Bertz CT molecular complexity index is 1020. The molecular formula is C18H12Cl3N3O2. The highest BCUT2D eigenvalue weighted by Crippen LogP contribution is 2.29. The van der Waals surface area contributed by atoms with Crippen molar-refractivity contribution in [2.75, 3.05) is 5.32 Å². The molecule has 0 saturated carbocycles. The lowest BCUT2D eigenvalue weighted by Gasteiger charge is -2.10. The molecule has 1 heterocycles. The van der Waals surface area contributed by atoms with E-state index >= 15 is 0 Å². The minimum absolute atomic E-state index is 0.199. The Morgan fingerprint density at radius 2 is 1.81 bits per heavy atom. The second-order valence-corrected chi connectivity index (χ2v) is 6.62. The molecule has 0 saturated heterocycles. The van der Waals surface area contributed by atoms with Gasteiger partial charge in [-0.05, 0) is 24.3 Å². The molecule has 0 aliphatic carbocycles. The summed E-state index contributed by atoms with van der Waals surface area (Å²) in [5, 5.41) is 3.79. The molecule has 1 N–H and O–H groups in total. The molecule has 0 atom stereocenters. The minimum Gasteiger partial charge on any atom is -0.323 e. The third-order valence-electron chi connectivity index (χ3n) is 3.56. The van der Waals surface area contributed by atoms with Gasteiger partial charge in [-0.2, -0.15) is 0 Å². The van der Waals surface area contributed by atoms with Gasteiger partial charge in [-0.15, -0.1) is 0 Å². The second kappa shape index (κ2) is 7.91. The van der Waals surface area contributed by atoms with Crippen LogP contribution in [0.5, 0.6) is 0 Å². The number of carbonyl (C=O) groups excluding carboxylic acids is 1. The van der Waals surface area contributed by atoms with E-state index < -0.39 is 5.91 Å². The summed E-state index contributed by atoms with van der Waals surface area (Å²) in [7, 11) is 0. The van der Waals surface area contributed by atoms with Crippen molar-refractivity contribution in [1.82, 2.24) is 9.55 Å². The molecule has 1 aromatic heterocycles. The zero-order chi connectivity index (χ0) is 18.7. The molecule has 5 nitrogen and oxygen atoms in total. The second-order valence-electron chi connectivity index (χ2n) is 5.40. The Balaban J connectivity index is 1.76. The monoisotopic (exact) mass is 407 g/mol. The van der Waals surface area contributed by atoms with Crippen LogP contribution >= 0.6 is 34.8 Å².